The van der Waals surface area contributed by atoms with Gasteiger partial charge >= 0.3 is 0 Å². The molecule has 88 valence electrons. The third-order valence-electron chi connectivity index (χ3n) is 3.38. The van der Waals surface area contributed by atoms with E-state index >= 15 is 0 Å². The van der Waals surface area contributed by atoms with E-state index in [1.54, 1.807) is 0 Å². The Morgan fingerprint density at radius 3 is 2.67 bits per heavy atom. The standard InChI is InChI=1S/C12H24N2O/c1-9-4-5-11(10(2)8-9)14-12(15)6-7-13-3/h9-11,13H,4-8H2,1-3H3,(H,14,15). The van der Waals surface area contributed by atoms with Gasteiger partial charge in [-0.2, -0.15) is 0 Å². The van der Waals surface area contributed by atoms with Crippen LogP contribution in [0.5, 0.6) is 0 Å². The Morgan fingerprint density at radius 2 is 2.07 bits per heavy atom. The fourth-order valence-corrected chi connectivity index (χ4v) is 2.40. The average Bonchev–Trinajstić information content (AvgIpc) is 2.19. The van der Waals surface area contributed by atoms with Crippen LogP contribution in [0.15, 0.2) is 0 Å². The molecule has 1 aliphatic carbocycles. The summed E-state index contributed by atoms with van der Waals surface area (Å²) in [6, 6.07) is 0.408. The van der Waals surface area contributed by atoms with E-state index in [-0.39, 0.29) is 5.91 Å². The summed E-state index contributed by atoms with van der Waals surface area (Å²) in [5.74, 6) is 1.65. The number of carbonyl (C=O) groups excluding carboxylic acids is 1. The number of nitrogens with one attached hydrogen (secondary N) is 2. The number of hydrogen-bond acceptors (Lipinski definition) is 2. The van der Waals surface area contributed by atoms with Crippen molar-refractivity contribution < 1.29 is 4.79 Å². The van der Waals surface area contributed by atoms with Crippen LogP contribution in [0.4, 0.5) is 0 Å². The summed E-state index contributed by atoms with van der Waals surface area (Å²) >= 11 is 0. The third kappa shape index (κ3) is 4.20. The first-order valence-electron chi connectivity index (χ1n) is 6.07. The van der Waals surface area contributed by atoms with Gasteiger partial charge in [0.25, 0.3) is 0 Å². The maximum absolute atomic E-state index is 11.5. The second-order valence-electron chi connectivity index (χ2n) is 4.92. The summed E-state index contributed by atoms with van der Waals surface area (Å²) in [5, 5.41) is 6.14. The van der Waals surface area contributed by atoms with Gasteiger partial charge in [-0.05, 0) is 38.1 Å². The molecule has 1 rings (SSSR count). The molecule has 0 aliphatic heterocycles. The van der Waals surface area contributed by atoms with Crippen molar-refractivity contribution in [3.05, 3.63) is 0 Å². The molecule has 1 fully saturated rings. The van der Waals surface area contributed by atoms with Crippen LogP contribution in [0, 0.1) is 11.8 Å². The third-order valence-corrected chi connectivity index (χ3v) is 3.38. The quantitative estimate of drug-likeness (QED) is 0.742. The molecule has 2 N–H and O–H groups in total. The monoisotopic (exact) mass is 212 g/mol. The van der Waals surface area contributed by atoms with Crippen molar-refractivity contribution in [2.24, 2.45) is 11.8 Å². The van der Waals surface area contributed by atoms with Crippen LogP contribution in [0.3, 0.4) is 0 Å². The van der Waals surface area contributed by atoms with Crippen LogP contribution >= 0.6 is 0 Å². The van der Waals surface area contributed by atoms with E-state index in [1.165, 1.54) is 12.8 Å². The van der Waals surface area contributed by atoms with E-state index < -0.39 is 0 Å². The maximum Gasteiger partial charge on any atom is 0.221 e. The number of hydrogen-bond donors (Lipinski definition) is 2. The fraction of sp³-hybridized carbons (Fsp3) is 0.917. The lowest BCUT2D eigenvalue weighted by molar-refractivity contribution is -0.122. The number of carbonyl (C=O) groups is 1. The molecule has 3 heteroatoms. The van der Waals surface area contributed by atoms with Gasteiger partial charge in [0.2, 0.25) is 5.91 Å². The van der Waals surface area contributed by atoms with Crippen molar-refractivity contribution in [2.45, 2.75) is 45.6 Å². The maximum atomic E-state index is 11.5. The van der Waals surface area contributed by atoms with Crippen LogP contribution in [-0.4, -0.2) is 25.5 Å². The summed E-state index contributed by atoms with van der Waals surface area (Å²) in [6.07, 6.45) is 4.24. The Bertz CT molecular complexity index is 206. The lowest BCUT2D eigenvalue weighted by Crippen LogP contribution is -2.43. The van der Waals surface area contributed by atoms with E-state index in [0.717, 1.165) is 18.9 Å². The van der Waals surface area contributed by atoms with Crippen LogP contribution in [0.2, 0.25) is 0 Å². The van der Waals surface area contributed by atoms with Gasteiger partial charge in [0.1, 0.15) is 0 Å². The fourth-order valence-electron chi connectivity index (χ4n) is 2.40. The second-order valence-corrected chi connectivity index (χ2v) is 4.92. The van der Waals surface area contributed by atoms with Crippen molar-refractivity contribution in [1.82, 2.24) is 10.6 Å². The van der Waals surface area contributed by atoms with Gasteiger partial charge in [-0.15, -0.1) is 0 Å². The summed E-state index contributed by atoms with van der Waals surface area (Å²) in [5.41, 5.74) is 0. The molecule has 0 aromatic heterocycles. The predicted octanol–water partition coefficient (Wildman–Crippen LogP) is 1.54. The highest BCUT2D eigenvalue weighted by Gasteiger charge is 2.26. The van der Waals surface area contributed by atoms with E-state index in [0.29, 0.717) is 18.4 Å². The molecule has 3 nitrogen and oxygen atoms in total. The SMILES string of the molecule is CNCCC(=O)NC1CCC(C)CC1C. The van der Waals surface area contributed by atoms with Gasteiger partial charge in [-0.25, -0.2) is 0 Å². The second kappa shape index (κ2) is 6.11. The minimum Gasteiger partial charge on any atom is -0.353 e. The minimum absolute atomic E-state index is 0.191. The summed E-state index contributed by atoms with van der Waals surface area (Å²) < 4.78 is 0. The molecule has 0 radical (unpaired) electrons. The minimum atomic E-state index is 0.191. The van der Waals surface area contributed by atoms with E-state index in [4.69, 9.17) is 0 Å². The van der Waals surface area contributed by atoms with Crippen LogP contribution < -0.4 is 10.6 Å². The lowest BCUT2D eigenvalue weighted by Gasteiger charge is -2.33. The summed E-state index contributed by atoms with van der Waals surface area (Å²) in [4.78, 5) is 11.5. The molecular formula is C12H24N2O. The molecule has 1 saturated carbocycles. The Morgan fingerprint density at radius 1 is 1.33 bits per heavy atom. The molecule has 0 saturated heterocycles. The molecule has 1 amide bonds. The Kier molecular flexibility index (Phi) is 5.09. The van der Waals surface area contributed by atoms with Crippen molar-refractivity contribution in [3.63, 3.8) is 0 Å². The average molecular weight is 212 g/mol. The van der Waals surface area contributed by atoms with Gasteiger partial charge < -0.3 is 10.6 Å². The number of rotatable bonds is 4. The van der Waals surface area contributed by atoms with E-state index in [2.05, 4.69) is 24.5 Å². The molecule has 0 spiro atoms. The Hall–Kier alpha value is -0.570. The zero-order chi connectivity index (χ0) is 11.3. The van der Waals surface area contributed by atoms with Crippen molar-refractivity contribution >= 4 is 5.91 Å². The lowest BCUT2D eigenvalue weighted by atomic mass is 9.80. The van der Waals surface area contributed by atoms with Crippen LogP contribution in [-0.2, 0) is 4.79 Å². The molecule has 0 bridgehead atoms. The molecular weight excluding hydrogens is 188 g/mol. The van der Waals surface area contributed by atoms with Crippen molar-refractivity contribution in [1.29, 1.82) is 0 Å². The summed E-state index contributed by atoms with van der Waals surface area (Å²) in [7, 11) is 1.87. The first-order valence-corrected chi connectivity index (χ1v) is 6.07. The molecule has 0 heterocycles. The first-order chi connectivity index (χ1) is 7.13. The highest BCUT2D eigenvalue weighted by Crippen LogP contribution is 2.28. The zero-order valence-corrected chi connectivity index (χ0v) is 10.2. The topological polar surface area (TPSA) is 41.1 Å². The van der Waals surface area contributed by atoms with Crippen molar-refractivity contribution in [3.8, 4) is 0 Å². The molecule has 0 aromatic carbocycles. The first kappa shape index (κ1) is 12.5. The highest BCUT2D eigenvalue weighted by molar-refractivity contribution is 5.76. The Balaban J connectivity index is 2.28. The Labute approximate surface area is 93.0 Å². The largest absolute Gasteiger partial charge is 0.353 e. The van der Waals surface area contributed by atoms with Crippen molar-refractivity contribution in [2.75, 3.05) is 13.6 Å². The van der Waals surface area contributed by atoms with Gasteiger partial charge in [-0.1, -0.05) is 13.8 Å². The van der Waals surface area contributed by atoms with Gasteiger partial charge in [0.05, 0.1) is 0 Å². The van der Waals surface area contributed by atoms with Gasteiger partial charge in [0, 0.05) is 19.0 Å². The van der Waals surface area contributed by atoms with E-state index in [1.807, 2.05) is 7.05 Å². The smallest absolute Gasteiger partial charge is 0.221 e. The molecule has 3 unspecified atom stereocenters. The van der Waals surface area contributed by atoms with Crippen LogP contribution in [0.25, 0.3) is 0 Å². The highest BCUT2D eigenvalue weighted by atomic mass is 16.1. The van der Waals surface area contributed by atoms with Gasteiger partial charge in [0.15, 0.2) is 0 Å². The normalized spacial score (nSPS) is 31.3. The molecule has 0 aromatic rings. The number of amides is 1. The van der Waals surface area contributed by atoms with Gasteiger partial charge in [-0.3, -0.25) is 4.79 Å². The van der Waals surface area contributed by atoms with Crippen LogP contribution in [0.1, 0.15) is 39.5 Å². The molecule has 15 heavy (non-hydrogen) atoms. The predicted molar refractivity (Wildman–Crippen MR) is 62.7 cm³/mol. The molecule has 3 atom stereocenters. The zero-order valence-electron chi connectivity index (χ0n) is 10.2. The van der Waals surface area contributed by atoms with E-state index in [9.17, 15) is 4.79 Å². The molecule has 1 aliphatic rings. The summed E-state index contributed by atoms with van der Waals surface area (Å²) in [6.45, 7) is 5.32.